The van der Waals surface area contributed by atoms with Gasteiger partial charge in [0.2, 0.25) is 0 Å². The molecule has 1 amide bonds. The monoisotopic (exact) mass is 371 g/mol. The number of benzene rings is 3. The molecule has 3 aromatic rings. The van der Waals surface area contributed by atoms with E-state index in [4.69, 9.17) is 23.2 Å². The van der Waals surface area contributed by atoms with Gasteiger partial charge in [-0.15, -0.1) is 0 Å². The highest BCUT2D eigenvalue weighted by Gasteiger charge is 2.15. The Hall–Kier alpha value is -2.49. The third kappa shape index (κ3) is 3.63. The molecule has 3 aromatic carbocycles. The van der Waals surface area contributed by atoms with Crippen LogP contribution in [0.25, 0.3) is 11.1 Å². The third-order valence-electron chi connectivity index (χ3n) is 3.92. The second-order valence-electron chi connectivity index (χ2n) is 5.59. The molecule has 3 nitrogen and oxygen atoms in total. The van der Waals surface area contributed by atoms with Crippen LogP contribution in [0.4, 0.5) is 5.69 Å². The highest BCUT2D eigenvalue weighted by Crippen LogP contribution is 2.38. The van der Waals surface area contributed by atoms with Gasteiger partial charge in [0, 0.05) is 10.6 Å². The summed E-state index contributed by atoms with van der Waals surface area (Å²) in [5.41, 5.74) is 3.29. The van der Waals surface area contributed by atoms with E-state index in [1.54, 1.807) is 19.1 Å². The van der Waals surface area contributed by atoms with Crippen molar-refractivity contribution >= 4 is 34.8 Å². The van der Waals surface area contributed by atoms with Gasteiger partial charge in [0.1, 0.15) is 0 Å². The lowest BCUT2D eigenvalue weighted by Gasteiger charge is -2.12. The zero-order chi connectivity index (χ0) is 18.0. The largest absolute Gasteiger partial charge is 0.504 e. The van der Waals surface area contributed by atoms with E-state index in [-0.39, 0.29) is 22.4 Å². The maximum atomic E-state index is 12.4. The van der Waals surface area contributed by atoms with E-state index >= 15 is 0 Å². The summed E-state index contributed by atoms with van der Waals surface area (Å²) in [6.07, 6.45) is 0. The number of aromatic hydroxyl groups is 1. The predicted molar refractivity (Wildman–Crippen MR) is 103 cm³/mol. The molecule has 25 heavy (non-hydrogen) atoms. The van der Waals surface area contributed by atoms with Crippen molar-refractivity contribution in [1.29, 1.82) is 0 Å². The van der Waals surface area contributed by atoms with Crippen LogP contribution in [0.2, 0.25) is 10.0 Å². The van der Waals surface area contributed by atoms with Crippen molar-refractivity contribution in [2.75, 3.05) is 5.32 Å². The van der Waals surface area contributed by atoms with E-state index in [1.807, 2.05) is 42.5 Å². The lowest BCUT2D eigenvalue weighted by atomic mass is 10.0. The fourth-order valence-corrected chi connectivity index (χ4v) is 2.89. The number of rotatable bonds is 3. The Morgan fingerprint density at radius 3 is 2.20 bits per heavy atom. The summed E-state index contributed by atoms with van der Waals surface area (Å²) in [5, 5.41) is 13.2. The van der Waals surface area contributed by atoms with Crippen LogP contribution in [0.5, 0.6) is 5.75 Å². The number of anilines is 1. The molecule has 0 aliphatic heterocycles. The number of amides is 1. The van der Waals surface area contributed by atoms with Crippen molar-refractivity contribution in [3.63, 3.8) is 0 Å². The Bertz CT molecular complexity index is 923. The number of halogens is 2. The molecule has 3 rings (SSSR count). The van der Waals surface area contributed by atoms with Gasteiger partial charge in [0.15, 0.2) is 5.75 Å². The maximum absolute atomic E-state index is 12.4. The summed E-state index contributed by atoms with van der Waals surface area (Å²) in [6, 6.07) is 18.6. The second kappa shape index (κ2) is 7.18. The van der Waals surface area contributed by atoms with Gasteiger partial charge < -0.3 is 10.4 Å². The molecule has 0 unspecified atom stereocenters. The molecular weight excluding hydrogens is 357 g/mol. The maximum Gasteiger partial charge on any atom is 0.255 e. The fourth-order valence-electron chi connectivity index (χ4n) is 2.44. The topological polar surface area (TPSA) is 49.3 Å². The highest BCUT2D eigenvalue weighted by atomic mass is 35.5. The van der Waals surface area contributed by atoms with Crippen molar-refractivity contribution in [2.45, 2.75) is 6.92 Å². The number of carbonyl (C=O) groups excluding carboxylic acids is 1. The average molecular weight is 372 g/mol. The molecule has 0 radical (unpaired) electrons. The van der Waals surface area contributed by atoms with Crippen LogP contribution < -0.4 is 5.32 Å². The Morgan fingerprint density at radius 1 is 0.960 bits per heavy atom. The summed E-state index contributed by atoms with van der Waals surface area (Å²) in [4.78, 5) is 12.4. The first-order valence-electron chi connectivity index (χ1n) is 7.62. The Labute approximate surface area is 155 Å². The van der Waals surface area contributed by atoms with E-state index in [0.717, 1.165) is 11.1 Å². The summed E-state index contributed by atoms with van der Waals surface area (Å²) >= 11 is 12.1. The standard InChI is InChI=1S/C20H15Cl2NO2/c1-12-16(21)11-17(19(24)18(12)22)23-20(25)15-9-7-14(8-10-15)13-5-3-2-4-6-13/h2-11,24H,1H3,(H,23,25). The zero-order valence-electron chi connectivity index (χ0n) is 13.4. The fraction of sp³-hybridized carbons (Fsp3) is 0.0500. The lowest BCUT2D eigenvalue weighted by Crippen LogP contribution is -2.12. The predicted octanol–water partition coefficient (Wildman–Crippen LogP) is 5.93. The van der Waals surface area contributed by atoms with Gasteiger partial charge in [0.25, 0.3) is 5.91 Å². The molecule has 0 saturated carbocycles. The van der Waals surface area contributed by atoms with Crippen LogP contribution in [0.15, 0.2) is 60.7 Å². The van der Waals surface area contributed by atoms with Crippen molar-refractivity contribution in [1.82, 2.24) is 0 Å². The van der Waals surface area contributed by atoms with Crippen molar-refractivity contribution in [3.05, 3.63) is 81.8 Å². The first-order valence-corrected chi connectivity index (χ1v) is 8.37. The molecule has 0 aliphatic carbocycles. The van der Waals surface area contributed by atoms with Crippen molar-refractivity contribution < 1.29 is 9.90 Å². The minimum absolute atomic E-state index is 0.127. The summed E-state index contributed by atoms with van der Waals surface area (Å²) in [7, 11) is 0. The third-order valence-corrected chi connectivity index (χ3v) is 4.78. The van der Waals surface area contributed by atoms with E-state index < -0.39 is 0 Å². The van der Waals surface area contributed by atoms with Crippen LogP contribution >= 0.6 is 23.2 Å². The molecule has 0 heterocycles. The molecule has 0 aromatic heterocycles. The molecule has 0 spiro atoms. The molecular formula is C20H15Cl2NO2. The van der Waals surface area contributed by atoms with Crippen LogP contribution in [-0.4, -0.2) is 11.0 Å². The number of phenols is 1. The van der Waals surface area contributed by atoms with Gasteiger partial charge in [-0.05, 0) is 41.8 Å². The molecule has 0 atom stereocenters. The molecule has 0 fully saturated rings. The van der Waals surface area contributed by atoms with Crippen LogP contribution in [0.1, 0.15) is 15.9 Å². The van der Waals surface area contributed by atoms with E-state index in [9.17, 15) is 9.90 Å². The minimum atomic E-state index is -0.356. The van der Waals surface area contributed by atoms with Gasteiger partial charge in [-0.2, -0.15) is 0 Å². The normalized spacial score (nSPS) is 10.5. The molecule has 0 aliphatic rings. The lowest BCUT2D eigenvalue weighted by molar-refractivity contribution is 0.102. The van der Waals surface area contributed by atoms with Crippen LogP contribution in [0.3, 0.4) is 0 Å². The Balaban J connectivity index is 1.83. The van der Waals surface area contributed by atoms with Gasteiger partial charge in [-0.3, -0.25) is 4.79 Å². The zero-order valence-corrected chi connectivity index (χ0v) is 14.9. The second-order valence-corrected chi connectivity index (χ2v) is 6.38. The Kier molecular flexibility index (Phi) is 4.98. The van der Waals surface area contributed by atoms with E-state index in [0.29, 0.717) is 16.1 Å². The molecule has 5 heteroatoms. The molecule has 126 valence electrons. The van der Waals surface area contributed by atoms with Crippen molar-refractivity contribution in [2.24, 2.45) is 0 Å². The number of phenolic OH excluding ortho intramolecular Hbond substituents is 1. The van der Waals surface area contributed by atoms with Gasteiger partial charge in [-0.1, -0.05) is 65.7 Å². The smallest absolute Gasteiger partial charge is 0.255 e. The van der Waals surface area contributed by atoms with E-state index in [2.05, 4.69) is 5.32 Å². The van der Waals surface area contributed by atoms with Crippen molar-refractivity contribution in [3.8, 4) is 16.9 Å². The molecule has 0 saturated heterocycles. The summed E-state index contributed by atoms with van der Waals surface area (Å²) in [6.45, 7) is 1.69. The average Bonchev–Trinajstić information content (AvgIpc) is 2.65. The van der Waals surface area contributed by atoms with E-state index in [1.165, 1.54) is 6.07 Å². The first kappa shape index (κ1) is 17.3. The number of hydrogen-bond donors (Lipinski definition) is 2. The summed E-state index contributed by atoms with van der Waals surface area (Å²) in [5.74, 6) is -0.552. The van der Waals surface area contributed by atoms with Gasteiger partial charge >= 0.3 is 0 Å². The van der Waals surface area contributed by atoms with Crippen LogP contribution in [-0.2, 0) is 0 Å². The SMILES string of the molecule is Cc1c(Cl)cc(NC(=O)c2ccc(-c3ccccc3)cc2)c(O)c1Cl. The van der Waals surface area contributed by atoms with Gasteiger partial charge in [0.05, 0.1) is 10.7 Å². The van der Waals surface area contributed by atoms with Crippen LogP contribution in [0, 0.1) is 6.92 Å². The summed E-state index contributed by atoms with van der Waals surface area (Å²) < 4.78 is 0. The molecule has 2 N–H and O–H groups in total. The highest BCUT2D eigenvalue weighted by molar-refractivity contribution is 6.37. The first-order chi connectivity index (χ1) is 12.0. The number of hydrogen-bond acceptors (Lipinski definition) is 2. The molecule has 0 bridgehead atoms. The quantitative estimate of drug-likeness (QED) is 0.560. The van der Waals surface area contributed by atoms with Gasteiger partial charge in [-0.25, -0.2) is 0 Å². The number of carbonyl (C=O) groups is 1. The minimum Gasteiger partial charge on any atom is -0.504 e. The Morgan fingerprint density at radius 2 is 1.56 bits per heavy atom. The number of nitrogens with one attached hydrogen (secondary N) is 1.